The lowest BCUT2D eigenvalue weighted by atomic mass is 10.7. The van der Waals surface area contributed by atoms with E-state index in [9.17, 15) is 0 Å². The first kappa shape index (κ1) is 5.29. The molecule has 0 rings (SSSR count). The Morgan fingerprint density at radius 1 is 1.80 bits per heavy atom. The summed E-state index contributed by atoms with van der Waals surface area (Å²) in [5, 5.41) is 0. The van der Waals surface area contributed by atoms with Crippen molar-refractivity contribution in [2.45, 2.75) is 6.92 Å². The summed E-state index contributed by atoms with van der Waals surface area (Å²) in [6, 6.07) is 0. The molecule has 5 heavy (non-hydrogen) atoms. The molecule has 0 atom stereocenters. The lowest BCUT2D eigenvalue weighted by Gasteiger charge is -1.56. The molecule has 0 radical (unpaired) electrons. The van der Waals surface area contributed by atoms with E-state index < -0.39 is 0 Å². The van der Waals surface area contributed by atoms with Crippen LogP contribution in [0.15, 0.2) is 0 Å². The third-order valence-corrected chi connectivity index (χ3v) is 0.625. The van der Waals surface area contributed by atoms with E-state index in [-0.39, 0.29) is 0 Å². The van der Waals surface area contributed by atoms with Gasteiger partial charge in [0.1, 0.15) is 0 Å². The molecule has 0 bridgehead atoms. The predicted molar refractivity (Wildman–Crippen MR) is 32.3 cm³/mol. The zero-order valence-corrected chi connectivity index (χ0v) is 5.24. The molecular formula is C4H5I. The molecule has 0 aromatic rings. The fourth-order valence-electron chi connectivity index (χ4n) is 0.0668. The van der Waals surface area contributed by atoms with Gasteiger partial charge in [-0.3, -0.25) is 0 Å². The van der Waals surface area contributed by atoms with Gasteiger partial charge in [-0.05, 0) is 6.92 Å². The largest absolute Gasteiger partial charge is 0.106 e. The summed E-state index contributed by atoms with van der Waals surface area (Å²) < 4.78 is 0.953. The van der Waals surface area contributed by atoms with Gasteiger partial charge >= 0.3 is 0 Å². The second kappa shape index (κ2) is 4.29. The molecule has 0 nitrogen and oxygen atoms in total. The number of rotatable bonds is 0. The van der Waals surface area contributed by atoms with E-state index in [1.54, 1.807) is 0 Å². The van der Waals surface area contributed by atoms with Crippen molar-refractivity contribution in [3.63, 3.8) is 0 Å². The minimum Gasteiger partial charge on any atom is -0.106 e. The van der Waals surface area contributed by atoms with Crippen LogP contribution in [-0.2, 0) is 0 Å². The standard InChI is InChI=1S/C4H5I/c1-2-3-4-5/h4H2,1H3. The molecule has 0 aliphatic heterocycles. The monoisotopic (exact) mass is 180 g/mol. The first-order chi connectivity index (χ1) is 2.41. The van der Waals surface area contributed by atoms with E-state index in [0.29, 0.717) is 0 Å². The highest BCUT2D eigenvalue weighted by molar-refractivity contribution is 14.1. The van der Waals surface area contributed by atoms with Crippen LogP contribution in [0.5, 0.6) is 0 Å². The van der Waals surface area contributed by atoms with E-state index in [1.807, 2.05) is 6.92 Å². The van der Waals surface area contributed by atoms with Gasteiger partial charge in [0.2, 0.25) is 0 Å². The Morgan fingerprint density at radius 3 is 2.40 bits per heavy atom. The SMILES string of the molecule is CC#CCI. The first-order valence-electron chi connectivity index (χ1n) is 1.37. The minimum atomic E-state index is 0.953. The molecule has 0 aromatic carbocycles. The molecular weight excluding hydrogens is 175 g/mol. The summed E-state index contributed by atoms with van der Waals surface area (Å²) in [5.41, 5.74) is 0. The molecule has 0 aliphatic rings. The van der Waals surface area contributed by atoms with Crippen molar-refractivity contribution in [2.75, 3.05) is 4.43 Å². The maximum Gasteiger partial charge on any atom is 0.0609 e. The van der Waals surface area contributed by atoms with E-state index in [0.717, 1.165) is 4.43 Å². The summed E-state index contributed by atoms with van der Waals surface area (Å²) in [4.78, 5) is 0. The molecule has 0 saturated heterocycles. The van der Waals surface area contributed by atoms with Crippen LogP contribution in [0.3, 0.4) is 0 Å². The van der Waals surface area contributed by atoms with E-state index >= 15 is 0 Å². The molecule has 1 heteroatoms. The van der Waals surface area contributed by atoms with Gasteiger partial charge in [0, 0.05) is 0 Å². The van der Waals surface area contributed by atoms with Crippen molar-refractivity contribution in [3.8, 4) is 11.8 Å². The second-order valence-electron chi connectivity index (χ2n) is 0.560. The minimum absolute atomic E-state index is 0.953. The van der Waals surface area contributed by atoms with Gasteiger partial charge in [-0.15, -0.1) is 5.92 Å². The van der Waals surface area contributed by atoms with Crippen LogP contribution in [0, 0.1) is 11.8 Å². The van der Waals surface area contributed by atoms with Crippen molar-refractivity contribution in [1.82, 2.24) is 0 Å². The topological polar surface area (TPSA) is 0 Å². The third kappa shape index (κ3) is 4.29. The average Bonchev–Trinajstić information content (AvgIpc) is 1.41. The fourth-order valence-corrected chi connectivity index (χ4v) is 0.448. The van der Waals surface area contributed by atoms with Crippen LogP contribution >= 0.6 is 22.6 Å². The van der Waals surface area contributed by atoms with Crippen molar-refractivity contribution < 1.29 is 0 Å². The highest BCUT2D eigenvalue weighted by Gasteiger charge is 1.50. The zero-order valence-electron chi connectivity index (χ0n) is 3.09. The normalized spacial score (nSPS) is 5.20. The molecule has 28 valence electrons. The highest BCUT2D eigenvalue weighted by atomic mass is 127. The lowest BCUT2D eigenvalue weighted by molar-refractivity contribution is 1.87. The lowest BCUT2D eigenvalue weighted by Crippen LogP contribution is -1.50. The molecule has 0 amide bonds. The van der Waals surface area contributed by atoms with Crippen LogP contribution in [-0.4, -0.2) is 4.43 Å². The quantitative estimate of drug-likeness (QED) is 0.300. The molecule has 0 fully saturated rings. The van der Waals surface area contributed by atoms with E-state index in [2.05, 4.69) is 34.4 Å². The highest BCUT2D eigenvalue weighted by Crippen LogP contribution is 1.72. The Bertz CT molecular complexity index is 55.8. The van der Waals surface area contributed by atoms with Gasteiger partial charge in [0.05, 0.1) is 4.43 Å². The van der Waals surface area contributed by atoms with Gasteiger partial charge < -0.3 is 0 Å². The smallest absolute Gasteiger partial charge is 0.0609 e. The van der Waals surface area contributed by atoms with Crippen LogP contribution in [0.25, 0.3) is 0 Å². The van der Waals surface area contributed by atoms with E-state index in [1.165, 1.54) is 0 Å². The number of alkyl halides is 1. The van der Waals surface area contributed by atoms with Crippen molar-refractivity contribution in [1.29, 1.82) is 0 Å². The molecule has 0 aromatic heterocycles. The summed E-state index contributed by atoms with van der Waals surface area (Å²) in [5.74, 6) is 5.61. The number of hydrogen-bond acceptors (Lipinski definition) is 0. The fraction of sp³-hybridized carbons (Fsp3) is 0.500. The Labute approximate surface area is 46.1 Å². The summed E-state index contributed by atoms with van der Waals surface area (Å²) in [6.45, 7) is 1.85. The second-order valence-corrected chi connectivity index (χ2v) is 1.32. The maximum absolute atomic E-state index is 2.85. The van der Waals surface area contributed by atoms with Gasteiger partial charge in [-0.1, -0.05) is 28.5 Å². The molecule has 0 spiro atoms. The third-order valence-electron chi connectivity index (χ3n) is 0.244. The molecule has 0 heterocycles. The van der Waals surface area contributed by atoms with Gasteiger partial charge in [-0.2, -0.15) is 0 Å². The van der Waals surface area contributed by atoms with Crippen molar-refractivity contribution in [3.05, 3.63) is 0 Å². The van der Waals surface area contributed by atoms with Crippen LogP contribution in [0.2, 0.25) is 0 Å². The Hall–Kier alpha value is 0.290. The predicted octanol–water partition coefficient (Wildman–Crippen LogP) is 1.44. The van der Waals surface area contributed by atoms with Gasteiger partial charge in [-0.25, -0.2) is 0 Å². The molecule has 0 saturated carbocycles. The Kier molecular flexibility index (Phi) is 4.54. The summed E-state index contributed by atoms with van der Waals surface area (Å²) in [7, 11) is 0. The molecule has 0 unspecified atom stereocenters. The zero-order chi connectivity index (χ0) is 4.12. The van der Waals surface area contributed by atoms with Gasteiger partial charge in [0.15, 0.2) is 0 Å². The van der Waals surface area contributed by atoms with Crippen molar-refractivity contribution >= 4 is 22.6 Å². The number of hydrogen-bond donors (Lipinski definition) is 0. The number of halogens is 1. The van der Waals surface area contributed by atoms with E-state index in [4.69, 9.17) is 0 Å². The average molecular weight is 180 g/mol. The molecule has 0 N–H and O–H groups in total. The summed E-state index contributed by atoms with van der Waals surface area (Å²) >= 11 is 2.21. The van der Waals surface area contributed by atoms with Gasteiger partial charge in [0.25, 0.3) is 0 Å². The maximum atomic E-state index is 2.85. The summed E-state index contributed by atoms with van der Waals surface area (Å²) in [6.07, 6.45) is 0. The van der Waals surface area contributed by atoms with Crippen molar-refractivity contribution in [2.24, 2.45) is 0 Å². The Balaban J connectivity index is 2.81. The molecule has 0 aliphatic carbocycles. The first-order valence-corrected chi connectivity index (χ1v) is 2.90. The van der Waals surface area contributed by atoms with Crippen LogP contribution < -0.4 is 0 Å². The van der Waals surface area contributed by atoms with Crippen LogP contribution in [0.1, 0.15) is 6.92 Å². The van der Waals surface area contributed by atoms with Crippen LogP contribution in [0.4, 0.5) is 0 Å². The Morgan fingerprint density at radius 2 is 2.40 bits per heavy atom.